The summed E-state index contributed by atoms with van der Waals surface area (Å²) < 4.78 is 18.9. The Bertz CT molecular complexity index is 2830. The largest absolute Gasteiger partial charge is 0.493 e. The van der Waals surface area contributed by atoms with Crippen LogP contribution in [-0.2, 0) is 42.1 Å². The molecule has 5 aromatic rings. The van der Waals surface area contributed by atoms with Crippen LogP contribution in [0.5, 0.6) is 17.2 Å². The molecule has 0 saturated heterocycles. The fraction of sp³-hybridized carbons (Fsp3) is 0.404. The minimum Gasteiger partial charge on any atom is -0.493 e. The molecule has 0 radical (unpaired) electrons. The number of nitrogens with zero attached hydrogens (tertiary/aromatic N) is 3. The Kier molecular flexibility index (Phi) is 15.4. The van der Waals surface area contributed by atoms with Crippen LogP contribution in [-0.4, -0.2) is 79.9 Å². The molecule has 372 valence electrons. The van der Waals surface area contributed by atoms with E-state index >= 15 is 0 Å². The Morgan fingerprint density at radius 3 is 2.13 bits per heavy atom. The van der Waals surface area contributed by atoms with Crippen molar-refractivity contribution in [2.75, 3.05) is 59.6 Å². The third-order valence-electron chi connectivity index (χ3n) is 14.0. The molecule has 0 bridgehead atoms. The summed E-state index contributed by atoms with van der Waals surface area (Å²) in [5.41, 5.74) is 10.5. The fourth-order valence-corrected chi connectivity index (χ4v) is 13.0. The second-order valence-corrected chi connectivity index (χ2v) is 22.9. The predicted octanol–water partition coefficient (Wildman–Crippen LogP) is 10.5. The summed E-state index contributed by atoms with van der Waals surface area (Å²) in [6, 6.07) is 30.0. The van der Waals surface area contributed by atoms with Gasteiger partial charge in [-0.05, 0) is 148 Å². The summed E-state index contributed by atoms with van der Waals surface area (Å²) >= 11 is 0. The first kappa shape index (κ1) is 50.0. The van der Waals surface area contributed by atoms with Gasteiger partial charge in [-0.1, -0.05) is 64.9 Å². The monoisotopic (exact) mass is 995 g/mol. The number of carbonyl (C=O) groups is 4. The number of benzene rings is 5. The number of methoxy groups -OCH3 is 1. The normalized spacial score (nSPS) is 16.8. The molecule has 9 rings (SSSR count). The molecule has 0 spiro atoms. The number of hydrogen-bond acceptors (Lipinski definition) is 11. The quantitative estimate of drug-likeness (QED) is 0.0571. The van der Waals surface area contributed by atoms with Crippen molar-refractivity contribution in [2.45, 2.75) is 109 Å². The average molecular weight is 996 g/mol. The molecule has 0 unspecified atom stereocenters. The first-order chi connectivity index (χ1) is 34.3. The van der Waals surface area contributed by atoms with E-state index in [1.54, 1.807) is 28.7 Å². The third kappa shape index (κ3) is 11.2. The number of amides is 3. The van der Waals surface area contributed by atoms with Gasteiger partial charge in [-0.2, -0.15) is 0 Å². The SMILES string of the molecule is CCNCC(=O)CCCSSC(C)(C)CCC(=O)Nc1cc(COc2cc3c(cc2C)C(=O)N2c4ccccc4C[C@H]2CN3C)cc(COc2cc3c(cc2OC)C(=O)N2c4ccccc4C[C@H]2CC3)c1. The lowest BCUT2D eigenvalue weighted by atomic mass is 9.99. The predicted molar refractivity (Wildman–Crippen MR) is 287 cm³/mol. The summed E-state index contributed by atoms with van der Waals surface area (Å²) in [5, 5.41) is 6.27. The summed E-state index contributed by atoms with van der Waals surface area (Å²) in [4.78, 5) is 60.2. The maximum Gasteiger partial charge on any atom is 0.260 e. The molecule has 2 N–H and O–H groups in total. The lowest BCUT2D eigenvalue weighted by Crippen LogP contribution is -2.41. The Hall–Kier alpha value is -5.96. The molecule has 4 aliphatic heterocycles. The minimum absolute atomic E-state index is 0.00425. The molecule has 0 aliphatic carbocycles. The highest BCUT2D eigenvalue weighted by Crippen LogP contribution is 2.43. The van der Waals surface area contributed by atoms with Crippen LogP contribution < -0.4 is 39.5 Å². The van der Waals surface area contributed by atoms with Gasteiger partial charge in [-0.15, -0.1) is 0 Å². The molecule has 3 amide bonds. The van der Waals surface area contributed by atoms with Gasteiger partial charge < -0.3 is 39.5 Å². The first-order valence-electron chi connectivity index (χ1n) is 24.9. The van der Waals surface area contributed by atoms with Gasteiger partial charge in [-0.25, -0.2) is 0 Å². The van der Waals surface area contributed by atoms with Gasteiger partial charge >= 0.3 is 0 Å². The van der Waals surface area contributed by atoms with E-state index in [0.29, 0.717) is 66.4 Å². The highest BCUT2D eigenvalue weighted by Gasteiger charge is 2.40. The summed E-state index contributed by atoms with van der Waals surface area (Å²) in [5.74, 6) is 2.66. The maximum atomic E-state index is 14.2. The van der Waals surface area contributed by atoms with E-state index in [1.807, 2.05) is 110 Å². The fourth-order valence-electron chi connectivity index (χ4n) is 10.3. The molecule has 5 aromatic carbocycles. The number of carbonyl (C=O) groups excluding carboxylic acids is 4. The third-order valence-corrected chi connectivity index (χ3v) is 17.4. The molecule has 4 aliphatic rings. The molecule has 0 saturated carbocycles. The van der Waals surface area contributed by atoms with Gasteiger partial charge in [0.25, 0.3) is 11.8 Å². The minimum atomic E-state index is -0.159. The highest BCUT2D eigenvalue weighted by molar-refractivity contribution is 8.77. The van der Waals surface area contributed by atoms with Gasteiger partial charge in [0.05, 0.1) is 30.9 Å². The summed E-state index contributed by atoms with van der Waals surface area (Å²) in [6.07, 6.45) is 5.60. The number of nitrogens with one attached hydrogen (secondary N) is 2. The average Bonchev–Trinajstić information content (AvgIpc) is 3.86. The molecule has 4 heterocycles. The Morgan fingerprint density at radius 2 is 1.42 bits per heavy atom. The van der Waals surface area contributed by atoms with Crippen molar-refractivity contribution < 1.29 is 33.4 Å². The van der Waals surface area contributed by atoms with Crippen molar-refractivity contribution in [1.82, 2.24) is 5.32 Å². The number of aryl methyl sites for hydroxylation is 2. The van der Waals surface area contributed by atoms with Crippen LogP contribution in [0.3, 0.4) is 0 Å². The number of ketones is 1. The Labute approximate surface area is 426 Å². The number of anilines is 4. The van der Waals surface area contributed by atoms with Gasteiger partial charge in [-0.3, -0.25) is 19.2 Å². The van der Waals surface area contributed by atoms with E-state index in [1.165, 1.54) is 11.1 Å². The van der Waals surface area contributed by atoms with Crippen LogP contribution in [0.25, 0.3) is 0 Å². The molecule has 14 heteroatoms. The Morgan fingerprint density at radius 1 is 0.761 bits per heavy atom. The molecular weight excluding hydrogens is 931 g/mol. The lowest BCUT2D eigenvalue weighted by Gasteiger charge is -2.25. The number of hydrogen-bond donors (Lipinski definition) is 2. The van der Waals surface area contributed by atoms with Crippen LogP contribution in [0.2, 0.25) is 0 Å². The molecule has 2 atom stereocenters. The topological polar surface area (TPSA) is 130 Å². The van der Waals surface area contributed by atoms with E-state index < -0.39 is 0 Å². The molecule has 71 heavy (non-hydrogen) atoms. The van der Waals surface area contributed by atoms with Crippen molar-refractivity contribution in [1.29, 1.82) is 0 Å². The van der Waals surface area contributed by atoms with E-state index in [0.717, 1.165) is 83.7 Å². The Balaban J connectivity index is 0.915. The van der Waals surface area contributed by atoms with E-state index in [4.69, 9.17) is 14.2 Å². The van der Waals surface area contributed by atoms with Crippen LogP contribution in [0.15, 0.2) is 91.0 Å². The van der Waals surface area contributed by atoms with Gasteiger partial charge in [0.1, 0.15) is 24.7 Å². The van der Waals surface area contributed by atoms with E-state index in [-0.39, 0.29) is 53.5 Å². The van der Waals surface area contributed by atoms with Crippen molar-refractivity contribution >= 4 is 67.8 Å². The number of likely N-dealkylation sites (N-methyl/N-ethyl adjacent to an activating group) is 2. The number of ether oxygens (including phenoxy) is 3. The molecule has 0 fully saturated rings. The first-order valence-corrected chi connectivity index (χ1v) is 27.2. The number of Topliss-reactive ketones (excluding diaryl/α,β-unsaturated/α-hetero) is 1. The molecule has 0 aromatic heterocycles. The zero-order valence-corrected chi connectivity index (χ0v) is 43.4. The van der Waals surface area contributed by atoms with E-state index in [2.05, 4.69) is 41.5 Å². The van der Waals surface area contributed by atoms with Crippen LogP contribution in [0.4, 0.5) is 22.7 Å². The second kappa shape index (κ2) is 21.8. The van der Waals surface area contributed by atoms with Gasteiger partial charge in [0.15, 0.2) is 11.5 Å². The van der Waals surface area contributed by atoms with Crippen molar-refractivity contribution in [3.8, 4) is 17.2 Å². The second-order valence-electron chi connectivity index (χ2n) is 19.8. The van der Waals surface area contributed by atoms with Crippen LogP contribution >= 0.6 is 21.6 Å². The van der Waals surface area contributed by atoms with Crippen molar-refractivity contribution in [2.24, 2.45) is 0 Å². The molecular formula is C57H65N5O7S2. The van der Waals surface area contributed by atoms with Crippen LogP contribution in [0, 0.1) is 6.92 Å². The zero-order valence-electron chi connectivity index (χ0n) is 41.7. The number of para-hydroxylation sites is 2. The summed E-state index contributed by atoms with van der Waals surface area (Å²) in [7, 11) is 7.13. The van der Waals surface area contributed by atoms with Gasteiger partial charge in [0.2, 0.25) is 5.91 Å². The smallest absolute Gasteiger partial charge is 0.260 e. The lowest BCUT2D eigenvalue weighted by molar-refractivity contribution is -0.118. The molecule has 12 nitrogen and oxygen atoms in total. The number of rotatable bonds is 20. The van der Waals surface area contributed by atoms with Gasteiger partial charge in [0, 0.05) is 71.7 Å². The summed E-state index contributed by atoms with van der Waals surface area (Å²) in [6.45, 7) is 10.5. The standard InChI is InChI=1S/C57H65N5O7S2/c1-7-58-32-45(63)15-12-22-70-71-57(3,4)21-20-54(64)59-42-25-37(34-68-51-31-50-47(23-36(51)2)56(66)62-44(33-60(50)5)28-41-14-9-11-17-49(41)62)24-38(26-42)35-69-53-29-39-18-19-43-27-40-13-8-10-16-48(40)61(43)55(65)46(39)30-52(53)67-6/h8-11,13-14,16-17,23-26,29-31,43-44,58H,7,12,15,18-22,27-28,32-35H2,1-6H3,(H,59,64)/t43-,44+/m1/s1. The van der Waals surface area contributed by atoms with Crippen molar-refractivity contribution in [3.05, 3.63) is 136 Å². The zero-order chi connectivity index (χ0) is 49.8. The van der Waals surface area contributed by atoms with Crippen molar-refractivity contribution in [3.63, 3.8) is 0 Å². The van der Waals surface area contributed by atoms with E-state index in [9.17, 15) is 19.2 Å². The maximum absolute atomic E-state index is 14.2. The van der Waals surface area contributed by atoms with Crippen LogP contribution in [0.1, 0.15) is 107 Å². The highest BCUT2D eigenvalue weighted by atomic mass is 33.1. The number of fused-ring (bicyclic) bond motifs is 8.